The molecule has 0 aromatic heterocycles. The van der Waals surface area contributed by atoms with Gasteiger partial charge in [-0.2, -0.15) is 0 Å². The Labute approximate surface area is 115 Å². The van der Waals surface area contributed by atoms with E-state index in [1.807, 2.05) is 0 Å². The van der Waals surface area contributed by atoms with E-state index in [2.05, 4.69) is 38.7 Å². The van der Waals surface area contributed by atoms with Crippen LogP contribution < -0.4 is 0 Å². The third kappa shape index (κ3) is 3.10. The van der Waals surface area contributed by atoms with Gasteiger partial charge in [-0.25, -0.2) is 0 Å². The Morgan fingerprint density at radius 2 is 1.32 bits per heavy atom. The van der Waals surface area contributed by atoms with E-state index in [9.17, 15) is 10.2 Å². The van der Waals surface area contributed by atoms with Crippen LogP contribution >= 0.6 is 0 Å². The van der Waals surface area contributed by atoms with Crippen LogP contribution in [0.1, 0.15) is 18.1 Å². The van der Waals surface area contributed by atoms with Crippen LogP contribution in [0.3, 0.4) is 0 Å². The average molecular weight is 274 g/mol. The molecule has 0 aliphatic rings. The van der Waals surface area contributed by atoms with Crippen molar-refractivity contribution in [2.75, 3.05) is 0 Å². The quantitative estimate of drug-likeness (QED) is 0.649. The van der Waals surface area contributed by atoms with Crippen molar-refractivity contribution in [3.63, 3.8) is 0 Å². The highest BCUT2D eigenvalue weighted by Crippen LogP contribution is 2.32. The molecule has 0 saturated heterocycles. The van der Waals surface area contributed by atoms with Gasteiger partial charge in [0.05, 0.1) is 0 Å². The molecule has 0 radical (unpaired) electrons. The van der Waals surface area contributed by atoms with Crippen LogP contribution in [0.2, 0.25) is 19.6 Å². The smallest absolute Gasteiger partial charge is 0.158 e. The van der Waals surface area contributed by atoms with Gasteiger partial charge in [0.2, 0.25) is 0 Å². The lowest BCUT2D eigenvalue weighted by Crippen LogP contribution is -2.24. The second-order valence-electron chi connectivity index (χ2n) is 6.40. The van der Waals surface area contributed by atoms with Gasteiger partial charge in [0.25, 0.3) is 0 Å². The molecule has 0 aliphatic heterocycles. The Morgan fingerprint density at radius 1 is 0.842 bits per heavy atom. The maximum atomic E-state index is 9.63. The maximum Gasteiger partial charge on any atom is 0.158 e. The average Bonchev–Trinajstić information content (AvgIpc) is 2.28. The largest absolute Gasteiger partial charge is 0.504 e. The fourth-order valence-electron chi connectivity index (χ4n) is 2.48. The molecule has 0 saturated carbocycles. The predicted octanol–water partition coefficient (Wildman–Crippen LogP) is 4.23. The SMILES string of the molecule is CCc1cc2cc(O)c(O)cc2cc1C[Si](C)(C)C. The topological polar surface area (TPSA) is 40.5 Å². The molecule has 0 heterocycles. The molecule has 0 unspecified atom stereocenters. The zero-order chi connectivity index (χ0) is 14.2. The molecule has 0 aliphatic carbocycles. The molecule has 2 nitrogen and oxygen atoms in total. The minimum Gasteiger partial charge on any atom is -0.504 e. The molecule has 2 aromatic carbocycles. The van der Waals surface area contributed by atoms with Crippen LogP contribution in [0, 0.1) is 0 Å². The van der Waals surface area contributed by atoms with Gasteiger partial charge >= 0.3 is 0 Å². The number of phenols is 2. The molecule has 2 N–H and O–H groups in total. The highest BCUT2D eigenvalue weighted by atomic mass is 28.3. The van der Waals surface area contributed by atoms with Crippen molar-refractivity contribution in [3.05, 3.63) is 35.4 Å². The first-order valence-corrected chi connectivity index (χ1v) is 10.5. The summed E-state index contributed by atoms with van der Waals surface area (Å²) in [6.45, 7) is 9.26. The summed E-state index contributed by atoms with van der Waals surface area (Å²) in [7, 11) is -1.17. The Hall–Kier alpha value is -1.48. The van der Waals surface area contributed by atoms with Crippen molar-refractivity contribution in [1.29, 1.82) is 0 Å². The van der Waals surface area contributed by atoms with Crippen molar-refractivity contribution < 1.29 is 10.2 Å². The fourth-order valence-corrected chi connectivity index (χ4v) is 3.96. The molecule has 0 bridgehead atoms. The molecule has 2 aromatic rings. The van der Waals surface area contributed by atoms with Crippen LogP contribution in [0.4, 0.5) is 0 Å². The van der Waals surface area contributed by atoms with E-state index < -0.39 is 8.07 Å². The van der Waals surface area contributed by atoms with Gasteiger partial charge in [0.15, 0.2) is 11.5 Å². The minimum absolute atomic E-state index is 0.0456. The van der Waals surface area contributed by atoms with Crippen LogP contribution in [0.5, 0.6) is 11.5 Å². The van der Waals surface area contributed by atoms with E-state index >= 15 is 0 Å². The monoisotopic (exact) mass is 274 g/mol. The molecule has 0 atom stereocenters. The Balaban J connectivity index is 2.61. The van der Waals surface area contributed by atoms with Crippen molar-refractivity contribution in [2.45, 2.75) is 39.0 Å². The number of hydrogen-bond acceptors (Lipinski definition) is 2. The van der Waals surface area contributed by atoms with Crippen molar-refractivity contribution in [1.82, 2.24) is 0 Å². The number of phenolic OH excluding ortho intramolecular Hbond substituents is 2. The van der Waals surface area contributed by atoms with Crippen molar-refractivity contribution in [2.24, 2.45) is 0 Å². The van der Waals surface area contributed by atoms with Gasteiger partial charge in [-0.05, 0) is 46.5 Å². The minimum atomic E-state index is -1.17. The highest BCUT2D eigenvalue weighted by Gasteiger charge is 2.16. The number of fused-ring (bicyclic) bond motifs is 1. The summed E-state index contributed by atoms with van der Waals surface area (Å²) < 4.78 is 0. The normalized spacial score (nSPS) is 12.0. The summed E-state index contributed by atoms with van der Waals surface area (Å²) in [5.41, 5.74) is 2.74. The van der Waals surface area contributed by atoms with Crippen LogP contribution in [0.15, 0.2) is 24.3 Å². The summed E-state index contributed by atoms with van der Waals surface area (Å²) in [6, 6.07) is 8.75. The fraction of sp³-hybridized carbons (Fsp3) is 0.375. The Bertz CT molecular complexity index is 612. The molecule has 102 valence electrons. The van der Waals surface area contributed by atoms with E-state index in [1.165, 1.54) is 11.1 Å². The van der Waals surface area contributed by atoms with Gasteiger partial charge in [-0.15, -0.1) is 0 Å². The summed E-state index contributed by atoms with van der Waals surface area (Å²) in [5, 5.41) is 21.2. The lowest BCUT2D eigenvalue weighted by molar-refractivity contribution is 0.405. The third-order valence-corrected chi connectivity index (χ3v) is 4.80. The molecular formula is C16H22O2Si. The highest BCUT2D eigenvalue weighted by molar-refractivity contribution is 6.75. The van der Waals surface area contributed by atoms with Crippen molar-refractivity contribution >= 4 is 18.8 Å². The number of rotatable bonds is 3. The molecule has 0 amide bonds. The molecule has 0 spiro atoms. The van der Waals surface area contributed by atoms with Crippen LogP contribution in [-0.2, 0) is 12.5 Å². The summed E-state index contributed by atoms with van der Waals surface area (Å²) in [4.78, 5) is 0. The summed E-state index contributed by atoms with van der Waals surface area (Å²) in [5.74, 6) is -0.0943. The Kier molecular flexibility index (Phi) is 3.59. The maximum absolute atomic E-state index is 9.63. The van der Waals surface area contributed by atoms with Crippen molar-refractivity contribution in [3.8, 4) is 11.5 Å². The zero-order valence-electron chi connectivity index (χ0n) is 12.1. The second kappa shape index (κ2) is 4.89. The number of hydrogen-bond donors (Lipinski definition) is 2. The molecule has 19 heavy (non-hydrogen) atoms. The first-order chi connectivity index (χ1) is 8.80. The van der Waals surface area contributed by atoms with Gasteiger partial charge < -0.3 is 10.2 Å². The first-order valence-electron chi connectivity index (χ1n) is 6.77. The number of aromatic hydroxyl groups is 2. The van der Waals surface area contributed by atoms with E-state index in [0.717, 1.165) is 23.2 Å². The molecule has 0 fully saturated rings. The number of aryl methyl sites for hydroxylation is 1. The van der Waals surface area contributed by atoms with E-state index in [-0.39, 0.29) is 11.5 Å². The van der Waals surface area contributed by atoms with E-state index in [0.29, 0.717) is 0 Å². The summed E-state index contributed by atoms with van der Waals surface area (Å²) in [6.07, 6.45) is 0.997. The van der Waals surface area contributed by atoms with Gasteiger partial charge in [-0.1, -0.05) is 38.7 Å². The first kappa shape index (κ1) is 13.9. The van der Waals surface area contributed by atoms with E-state index in [4.69, 9.17) is 0 Å². The second-order valence-corrected chi connectivity index (χ2v) is 11.9. The third-order valence-electron chi connectivity index (χ3n) is 3.35. The lowest BCUT2D eigenvalue weighted by atomic mass is 9.99. The molecule has 3 heteroatoms. The van der Waals surface area contributed by atoms with Gasteiger partial charge in [0, 0.05) is 8.07 Å². The predicted molar refractivity (Wildman–Crippen MR) is 83.7 cm³/mol. The summed E-state index contributed by atoms with van der Waals surface area (Å²) >= 11 is 0. The standard InChI is InChI=1S/C16H22O2Si/c1-5-11-6-12-8-15(17)16(18)9-13(12)7-14(11)10-19(2,3)4/h6-9,17-18H,5,10H2,1-4H3. The van der Waals surface area contributed by atoms with Crippen LogP contribution in [-0.4, -0.2) is 18.3 Å². The number of benzene rings is 2. The zero-order valence-corrected chi connectivity index (χ0v) is 13.1. The van der Waals surface area contributed by atoms with E-state index in [1.54, 1.807) is 12.1 Å². The molecular weight excluding hydrogens is 252 g/mol. The van der Waals surface area contributed by atoms with Crippen LogP contribution in [0.25, 0.3) is 10.8 Å². The van der Waals surface area contributed by atoms with Gasteiger partial charge in [0.1, 0.15) is 0 Å². The molecule has 2 rings (SSSR count). The van der Waals surface area contributed by atoms with Gasteiger partial charge in [-0.3, -0.25) is 0 Å². The lowest BCUT2D eigenvalue weighted by Gasteiger charge is -2.19. The Morgan fingerprint density at radius 3 is 1.74 bits per heavy atom.